The summed E-state index contributed by atoms with van der Waals surface area (Å²) in [7, 11) is 0. The highest BCUT2D eigenvalue weighted by atomic mass is 35.5. The lowest BCUT2D eigenvalue weighted by atomic mass is 10.0. The van der Waals surface area contributed by atoms with E-state index in [1.54, 1.807) is 11.3 Å². The molecule has 2 aromatic rings. The Hall–Kier alpha value is -1.03. The summed E-state index contributed by atoms with van der Waals surface area (Å²) in [6, 6.07) is 10.7. The highest BCUT2D eigenvalue weighted by Crippen LogP contribution is 2.30. The standard InChI is InChI=1S/C17H22ClNOS/c1-11(2)20-16-8-6-5-7-15(16)13(4)19-12(3)14-9-17(18)21-10-14/h5-13,19H,1-4H3. The number of ether oxygens (including phenoxy) is 1. The first-order valence-electron chi connectivity index (χ1n) is 7.23. The smallest absolute Gasteiger partial charge is 0.124 e. The molecule has 0 aliphatic rings. The van der Waals surface area contributed by atoms with E-state index >= 15 is 0 Å². The number of nitrogens with one attached hydrogen (secondary N) is 1. The van der Waals surface area contributed by atoms with Crippen LogP contribution in [0.3, 0.4) is 0 Å². The Labute approximate surface area is 136 Å². The second kappa shape index (κ2) is 7.30. The van der Waals surface area contributed by atoms with E-state index in [1.807, 2.05) is 38.1 Å². The monoisotopic (exact) mass is 323 g/mol. The Morgan fingerprint density at radius 2 is 1.81 bits per heavy atom. The molecule has 21 heavy (non-hydrogen) atoms. The molecule has 0 amide bonds. The molecule has 1 aromatic carbocycles. The first-order valence-corrected chi connectivity index (χ1v) is 8.48. The molecule has 2 atom stereocenters. The lowest BCUT2D eigenvalue weighted by Crippen LogP contribution is -2.23. The summed E-state index contributed by atoms with van der Waals surface area (Å²) < 4.78 is 6.73. The molecular weight excluding hydrogens is 302 g/mol. The average molecular weight is 324 g/mol. The van der Waals surface area contributed by atoms with Crippen LogP contribution >= 0.6 is 22.9 Å². The van der Waals surface area contributed by atoms with Crippen molar-refractivity contribution in [3.05, 3.63) is 51.2 Å². The highest BCUT2D eigenvalue weighted by molar-refractivity contribution is 7.14. The summed E-state index contributed by atoms with van der Waals surface area (Å²) in [6.45, 7) is 8.41. The Morgan fingerprint density at radius 3 is 2.43 bits per heavy atom. The molecule has 0 saturated heterocycles. The zero-order valence-corrected chi connectivity index (χ0v) is 14.5. The fraction of sp³-hybridized carbons (Fsp3) is 0.412. The number of para-hydroxylation sites is 1. The highest BCUT2D eigenvalue weighted by Gasteiger charge is 2.16. The quantitative estimate of drug-likeness (QED) is 0.747. The van der Waals surface area contributed by atoms with Gasteiger partial charge in [-0.15, -0.1) is 11.3 Å². The first kappa shape index (κ1) is 16.3. The van der Waals surface area contributed by atoms with Crippen molar-refractivity contribution >= 4 is 22.9 Å². The Morgan fingerprint density at radius 1 is 1.10 bits per heavy atom. The van der Waals surface area contributed by atoms with E-state index in [-0.39, 0.29) is 18.2 Å². The van der Waals surface area contributed by atoms with Crippen LogP contribution in [0.15, 0.2) is 35.7 Å². The SMILES string of the molecule is CC(C)Oc1ccccc1C(C)NC(C)c1csc(Cl)c1. The van der Waals surface area contributed by atoms with Crippen molar-refractivity contribution < 1.29 is 4.74 Å². The number of hydrogen-bond donors (Lipinski definition) is 1. The lowest BCUT2D eigenvalue weighted by molar-refractivity contribution is 0.237. The van der Waals surface area contributed by atoms with Crippen LogP contribution in [0.25, 0.3) is 0 Å². The summed E-state index contributed by atoms with van der Waals surface area (Å²) in [5.74, 6) is 0.947. The van der Waals surface area contributed by atoms with Crippen molar-refractivity contribution in [2.24, 2.45) is 0 Å². The minimum Gasteiger partial charge on any atom is -0.491 e. The molecule has 1 heterocycles. The van der Waals surface area contributed by atoms with Crippen molar-refractivity contribution in [1.29, 1.82) is 0 Å². The third kappa shape index (κ3) is 4.47. The summed E-state index contributed by atoms with van der Waals surface area (Å²) in [4.78, 5) is 0. The van der Waals surface area contributed by atoms with Gasteiger partial charge in [0.05, 0.1) is 10.4 Å². The maximum Gasteiger partial charge on any atom is 0.124 e. The van der Waals surface area contributed by atoms with E-state index in [2.05, 4.69) is 30.6 Å². The molecule has 1 N–H and O–H groups in total. The van der Waals surface area contributed by atoms with Gasteiger partial charge in [-0.1, -0.05) is 29.8 Å². The van der Waals surface area contributed by atoms with Gasteiger partial charge >= 0.3 is 0 Å². The van der Waals surface area contributed by atoms with Crippen LogP contribution in [0.2, 0.25) is 4.34 Å². The van der Waals surface area contributed by atoms with Crippen LogP contribution in [0.1, 0.15) is 50.9 Å². The molecule has 0 bridgehead atoms. The van der Waals surface area contributed by atoms with Gasteiger partial charge in [0, 0.05) is 17.6 Å². The van der Waals surface area contributed by atoms with Crippen LogP contribution in [0.5, 0.6) is 5.75 Å². The predicted octanol–water partition coefficient (Wildman–Crippen LogP) is 5.60. The Bertz CT molecular complexity index is 582. The number of halogens is 1. The third-order valence-electron chi connectivity index (χ3n) is 3.34. The second-order valence-corrected chi connectivity index (χ2v) is 7.04. The van der Waals surface area contributed by atoms with Crippen molar-refractivity contribution in [2.45, 2.75) is 45.9 Å². The Balaban J connectivity index is 2.11. The molecule has 0 radical (unpaired) electrons. The summed E-state index contributed by atoms with van der Waals surface area (Å²) in [5.41, 5.74) is 2.40. The van der Waals surface area contributed by atoms with Crippen molar-refractivity contribution in [2.75, 3.05) is 0 Å². The first-order chi connectivity index (χ1) is 9.97. The molecule has 114 valence electrons. The van der Waals surface area contributed by atoms with E-state index in [0.717, 1.165) is 10.1 Å². The Kier molecular flexibility index (Phi) is 5.68. The largest absolute Gasteiger partial charge is 0.491 e. The summed E-state index contributed by atoms with van der Waals surface area (Å²) in [5, 5.41) is 5.71. The molecular formula is C17H22ClNOS. The molecule has 2 unspecified atom stereocenters. The minimum absolute atomic E-state index is 0.173. The number of benzene rings is 1. The maximum absolute atomic E-state index is 6.01. The van der Waals surface area contributed by atoms with E-state index in [9.17, 15) is 0 Å². The summed E-state index contributed by atoms with van der Waals surface area (Å²) >= 11 is 7.58. The topological polar surface area (TPSA) is 21.3 Å². The molecule has 0 fully saturated rings. The second-order valence-electron chi connectivity index (χ2n) is 5.50. The van der Waals surface area contributed by atoms with Crippen LogP contribution < -0.4 is 10.1 Å². The van der Waals surface area contributed by atoms with Gasteiger partial charge < -0.3 is 10.1 Å². The zero-order valence-electron chi connectivity index (χ0n) is 12.9. The van der Waals surface area contributed by atoms with Gasteiger partial charge in [-0.25, -0.2) is 0 Å². The van der Waals surface area contributed by atoms with Crippen molar-refractivity contribution in [3.63, 3.8) is 0 Å². The normalized spacial score (nSPS) is 14.2. The van der Waals surface area contributed by atoms with Gasteiger partial charge in [-0.3, -0.25) is 0 Å². The van der Waals surface area contributed by atoms with E-state index in [1.165, 1.54) is 11.1 Å². The number of rotatable bonds is 6. The van der Waals surface area contributed by atoms with Crippen LogP contribution in [0, 0.1) is 0 Å². The van der Waals surface area contributed by atoms with Gasteiger partial charge in [0.2, 0.25) is 0 Å². The fourth-order valence-electron chi connectivity index (χ4n) is 2.31. The molecule has 0 spiro atoms. The lowest BCUT2D eigenvalue weighted by Gasteiger charge is -2.23. The minimum atomic E-state index is 0.173. The van der Waals surface area contributed by atoms with E-state index in [0.29, 0.717) is 0 Å². The van der Waals surface area contributed by atoms with E-state index < -0.39 is 0 Å². The van der Waals surface area contributed by atoms with Gasteiger partial charge in [0.1, 0.15) is 5.75 Å². The predicted molar refractivity (Wildman–Crippen MR) is 91.5 cm³/mol. The molecule has 2 rings (SSSR count). The van der Waals surface area contributed by atoms with Crippen molar-refractivity contribution in [1.82, 2.24) is 5.32 Å². The van der Waals surface area contributed by atoms with Gasteiger partial charge in [0.25, 0.3) is 0 Å². The maximum atomic E-state index is 6.01. The van der Waals surface area contributed by atoms with E-state index in [4.69, 9.17) is 16.3 Å². The van der Waals surface area contributed by atoms with Gasteiger partial charge in [0.15, 0.2) is 0 Å². The number of thiophene rings is 1. The van der Waals surface area contributed by atoms with Crippen LogP contribution in [0.4, 0.5) is 0 Å². The van der Waals surface area contributed by atoms with Gasteiger partial charge in [-0.2, -0.15) is 0 Å². The molecule has 0 saturated carbocycles. The average Bonchev–Trinajstić information content (AvgIpc) is 2.85. The fourth-order valence-corrected chi connectivity index (χ4v) is 3.30. The van der Waals surface area contributed by atoms with Crippen molar-refractivity contribution in [3.8, 4) is 5.75 Å². The molecule has 1 aromatic heterocycles. The third-order valence-corrected chi connectivity index (χ3v) is 4.45. The number of hydrogen-bond acceptors (Lipinski definition) is 3. The summed E-state index contributed by atoms with van der Waals surface area (Å²) in [6.07, 6.45) is 0.173. The van der Waals surface area contributed by atoms with Crippen LogP contribution in [-0.2, 0) is 0 Å². The zero-order chi connectivity index (χ0) is 15.4. The molecule has 0 aliphatic carbocycles. The van der Waals surface area contributed by atoms with Crippen LogP contribution in [-0.4, -0.2) is 6.10 Å². The molecule has 4 heteroatoms. The molecule has 0 aliphatic heterocycles. The van der Waals surface area contributed by atoms with Gasteiger partial charge in [-0.05, 0) is 50.8 Å². The molecule has 2 nitrogen and oxygen atoms in total.